The first-order chi connectivity index (χ1) is 4.52. The van der Waals surface area contributed by atoms with Crippen LogP contribution in [0.3, 0.4) is 0 Å². The molecule has 0 aliphatic carbocycles. The summed E-state index contributed by atoms with van der Waals surface area (Å²) in [5.41, 5.74) is -0.254. The Hall–Kier alpha value is -0.800. The molecule has 0 aliphatic rings. The summed E-state index contributed by atoms with van der Waals surface area (Å²) in [5, 5.41) is 5.43. The molecule has 4 heteroatoms. The van der Waals surface area contributed by atoms with Gasteiger partial charge in [0.1, 0.15) is 12.6 Å². The molecule has 58 valence electrons. The summed E-state index contributed by atoms with van der Waals surface area (Å²) in [5.74, 6) is 0. The van der Waals surface area contributed by atoms with E-state index in [4.69, 9.17) is 0 Å². The summed E-state index contributed by atoms with van der Waals surface area (Å²) >= 11 is 0. The zero-order chi connectivity index (χ0) is 8.20. The van der Waals surface area contributed by atoms with Gasteiger partial charge in [-0.3, -0.25) is 0 Å². The minimum atomic E-state index is -0.495. The molecule has 0 radical (unpaired) electrons. The van der Waals surface area contributed by atoms with Crippen LogP contribution in [0.2, 0.25) is 0 Å². The van der Waals surface area contributed by atoms with Crippen LogP contribution in [0.25, 0.3) is 0 Å². The van der Waals surface area contributed by atoms with Crippen molar-refractivity contribution in [3.63, 3.8) is 0 Å². The van der Waals surface area contributed by atoms with Crippen LogP contribution in [0.15, 0.2) is 10.4 Å². The lowest BCUT2D eigenvalue weighted by Gasteiger charge is -2.21. The van der Waals surface area contributed by atoms with E-state index >= 15 is 0 Å². The van der Waals surface area contributed by atoms with Crippen molar-refractivity contribution in [2.75, 3.05) is 6.54 Å². The van der Waals surface area contributed by atoms with Gasteiger partial charge in [-0.05, 0) is 5.41 Å². The molecule has 0 aromatic heterocycles. The highest BCUT2D eigenvalue weighted by Crippen LogP contribution is 2.21. The van der Waals surface area contributed by atoms with Gasteiger partial charge in [0, 0.05) is 0 Å². The van der Waals surface area contributed by atoms with Crippen LogP contribution in [-0.4, -0.2) is 12.6 Å². The Bertz CT molecular complexity index is 128. The van der Waals surface area contributed by atoms with E-state index in [9.17, 15) is 9.81 Å². The molecular formula is C6H12N2O2. The van der Waals surface area contributed by atoms with Crippen LogP contribution >= 0.6 is 0 Å². The third kappa shape index (κ3) is 2.66. The third-order valence-electron chi connectivity index (χ3n) is 1.37. The highest BCUT2D eigenvalue weighted by Gasteiger charge is 2.25. The largest absolute Gasteiger partial charge is 0.151 e. The van der Waals surface area contributed by atoms with Gasteiger partial charge in [0.05, 0.1) is 0 Å². The molecule has 0 saturated heterocycles. The Morgan fingerprint density at radius 3 is 1.90 bits per heavy atom. The Morgan fingerprint density at radius 1 is 1.30 bits per heavy atom. The van der Waals surface area contributed by atoms with Crippen molar-refractivity contribution in [3.8, 4) is 0 Å². The monoisotopic (exact) mass is 144 g/mol. The summed E-state index contributed by atoms with van der Waals surface area (Å²) in [4.78, 5) is 19.9. The van der Waals surface area contributed by atoms with Gasteiger partial charge >= 0.3 is 0 Å². The molecule has 1 atom stereocenters. The normalized spacial score (nSPS) is 14.3. The molecule has 0 bridgehead atoms. The smallest absolute Gasteiger partial charge is 0.120 e. The van der Waals surface area contributed by atoms with Gasteiger partial charge < -0.3 is 0 Å². The molecule has 0 aliphatic heterocycles. The molecule has 1 unspecified atom stereocenters. The van der Waals surface area contributed by atoms with Gasteiger partial charge in [-0.15, -0.1) is 0 Å². The van der Waals surface area contributed by atoms with Gasteiger partial charge in [0.25, 0.3) is 0 Å². The van der Waals surface area contributed by atoms with Crippen LogP contribution in [0.5, 0.6) is 0 Å². The van der Waals surface area contributed by atoms with Crippen LogP contribution in [0.1, 0.15) is 20.8 Å². The van der Waals surface area contributed by atoms with Crippen molar-refractivity contribution in [2.24, 2.45) is 15.8 Å². The molecule has 0 aromatic carbocycles. The molecule has 0 fully saturated rings. The highest BCUT2D eigenvalue weighted by atomic mass is 16.3. The summed E-state index contributed by atoms with van der Waals surface area (Å²) in [6.45, 7) is 5.53. The predicted octanol–water partition coefficient (Wildman–Crippen LogP) is 1.93. The molecule has 0 saturated carbocycles. The maximum absolute atomic E-state index is 10.1. The average Bonchev–Trinajstić information content (AvgIpc) is 1.80. The molecule has 10 heavy (non-hydrogen) atoms. The lowest BCUT2D eigenvalue weighted by atomic mass is 9.87. The van der Waals surface area contributed by atoms with Gasteiger partial charge in [-0.2, -0.15) is 9.81 Å². The maximum Gasteiger partial charge on any atom is 0.120 e. The van der Waals surface area contributed by atoms with Crippen molar-refractivity contribution in [3.05, 3.63) is 9.81 Å². The first-order valence-corrected chi connectivity index (χ1v) is 3.14. The lowest BCUT2D eigenvalue weighted by Crippen LogP contribution is -2.26. The van der Waals surface area contributed by atoms with E-state index in [1.54, 1.807) is 0 Å². The van der Waals surface area contributed by atoms with E-state index in [1.165, 1.54) is 0 Å². The Labute approximate surface area is 60.0 Å². The third-order valence-corrected chi connectivity index (χ3v) is 1.37. The molecule has 0 rings (SSSR count). The summed E-state index contributed by atoms with van der Waals surface area (Å²) < 4.78 is 0. The minimum absolute atomic E-state index is 0.0208. The van der Waals surface area contributed by atoms with Crippen molar-refractivity contribution < 1.29 is 0 Å². The molecule has 4 nitrogen and oxygen atoms in total. The molecule has 0 amide bonds. The molecular weight excluding hydrogens is 132 g/mol. The summed E-state index contributed by atoms with van der Waals surface area (Å²) in [6.07, 6.45) is 0. The SMILES string of the molecule is CC(C)(C)C(CN=O)N=O. The number of nitrogens with zero attached hydrogens (tertiary/aromatic N) is 2. The van der Waals surface area contributed by atoms with E-state index < -0.39 is 6.04 Å². The number of hydrogen-bond acceptors (Lipinski definition) is 4. The standard InChI is InChI=1S/C6H12N2O2/c1-6(2,3)5(8-10)4-7-9/h5H,4H2,1-3H3. The topological polar surface area (TPSA) is 58.9 Å². The quantitative estimate of drug-likeness (QED) is 0.568. The van der Waals surface area contributed by atoms with Crippen LogP contribution < -0.4 is 0 Å². The fourth-order valence-corrected chi connectivity index (χ4v) is 0.536. The van der Waals surface area contributed by atoms with E-state index in [0.717, 1.165) is 0 Å². The average molecular weight is 144 g/mol. The van der Waals surface area contributed by atoms with Crippen molar-refractivity contribution >= 4 is 0 Å². The Morgan fingerprint density at radius 2 is 1.80 bits per heavy atom. The van der Waals surface area contributed by atoms with Gasteiger partial charge in [0.2, 0.25) is 0 Å². The second kappa shape index (κ2) is 3.39. The molecule has 0 spiro atoms. The maximum atomic E-state index is 10.1. The van der Waals surface area contributed by atoms with Gasteiger partial charge in [-0.1, -0.05) is 31.1 Å². The van der Waals surface area contributed by atoms with Crippen molar-refractivity contribution in [1.29, 1.82) is 0 Å². The molecule has 0 N–H and O–H groups in total. The van der Waals surface area contributed by atoms with Crippen LogP contribution in [0, 0.1) is 15.2 Å². The van der Waals surface area contributed by atoms with E-state index in [1.807, 2.05) is 20.8 Å². The predicted molar refractivity (Wildman–Crippen MR) is 39.7 cm³/mol. The zero-order valence-corrected chi connectivity index (χ0v) is 6.50. The fraction of sp³-hybridized carbons (Fsp3) is 1.00. The number of nitroso groups, excluding NO2 is 2. The first-order valence-electron chi connectivity index (χ1n) is 3.14. The van der Waals surface area contributed by atoms with E-state index in [0.29, 0.717) is 0 Å². The number of rotatable bonds is 3. The highest BCUT2D eigenvalue weighted by molar-refractivity contribution is 4.81. The number of hydrogen-bond donors (Lipinski definition) is 0. The van der Waals surface area contributed by atoms with Gasteiger partial charge in [-0.25, -0.2) is 0 Å². The second-order valence-electron chi connectivity index (χ2n) is 3.30. The van der Waals surface area contributed by atoms with Crippen LogP contribution in [-0.2, 0) is 0 Å². The zero-order valence-electron chi connectivity index (χ0n) is 6.50. The summed E-state index contributed by atoms with van der Waals surface area (Å²) in [6, 6.07) is -0.495. The molecule has 0 aromatic rings. The fourth-order valence-electron chi connectivity index (χ4n) is 0.536. The minimum Gasteiger partial charge on any atom is -0.151 e. The Kier molecular flexibility index (Phi) is 3.12. The Balaban J connectivity index is 4.05. The van der Waals surface area contributed by atoms with Crippen molar-refractivity contribution in [1.82, 2.24) is 0 Å². The second-order valence-corrected chi connectivity index (χ2v) is 3.30. The van der Waals surface area contributed by atoms with Gasteiger partial charge in [0.15, 0.2) is 0 Å². The van der Waals surface area contributed by atoms with E-state index in [-0.39, 0.29) is 12.0 Å². The van der Waals surface area contributed by atoms with E-state index in [2.05, 4.69) is 10.4 Å². The van der Waals surface area contributed by atoms with Crippen LogP contribution in [0.4, 0.5) is 0 Å². The lowest BCUT2D eigenvalue weighted by molar-refractivity contribution is 0.326. The first kappa shape index (κ1) is 9.20. The van der Waals surface area contributed by atoms with Crippen molar-refractivity contribution in [2.45, 2.75) is 26.8 Å². The summed E-state index contributed by atoms with van der Waals surface area (Å²) in [7, 11) is 0. The molecule has 0 heterocycles.